The summed E-state index contributed by atoms with van der Waals surface area (Å²) in [6, 6.07) is 0. The molecule has 0 unspecified atom stereocenters. The third-order valence-electron chi connectivity index (χ3n) is 2.72. The fourth-order valence-corrected chi connectivity index (χ4v) is 2.67. The van der Waals surface area contributed by atoms with Crippen LogP contribution in [0.4, 0.5) is 0 Å². The van der Waals surface area contributed by atoms with E-state index in [1.165, 1.54) is 12.2 Å². The van der Waals surface area contributed by atoms with Crippen molar-refractivity contribution >= 4 is 27.7 Å². The lowest BCUT2D eigenvalue weighted by atomic mass is 10.3. The van der Waals surface area contributed by atoms with Crippen molar-refractivity contribution in [2.75, 3.05) is 43.9 Å². The fourth-order valence-electron chi connectivity index (χ4n) is 1.52. The summed E-state index contributed by atoms with van der Waals surface area (Å²) >= 11 is 1.86. The van der Waals surface area contributed by atoms with Crippen LogP contribution in [0.1, 0.15) is 33.1 Å². The molecule has 0 spiro atoms. The first-order valence-corrected chi connectivity index (χ1v) is 10.6. The summed E-state index contributed by atoms with van der Waals surface area (Å²) in [6.07, 6.45) is 5.14. The van der Waals surface area contributed by atoms with Gasteiger partial charge in [-0.15, -0.1) is 0 Å². The number of rotatable bonds is 12. The Kier molecular flexibility index (Phi) is 12.9. The van der Waals surface area contributed by atoms with E-state index < -0.39 is 10.0 Å². The lowest BCUT2D eigenvalue weighted by molar-refractivity contribution is 0.581. The molecule has 0 aliphatic carbocycles. The van der Waals surface area contributed by atoms with E-state index in [-0.39, 0.29) is 5.75 Å². The van der Waals surface area contributed by atoms with Crippen molar-refractivity contribution in [2.24, 2.45) is 4.99 Å². The van der Waals surface area contributed by atoms with Gasteiger partial charge in [-0.05, 0) is 45.1 Å². The quantitative estimate of drug-likeness (QED) is 0.281. The number of guanidine groups is 1. The van der Waals surface area contributed by atoms with Crippen LogP contribution in [-0.2, 0) is 10.0 Å². The molecule has 6 nitrogen and oxygen atoms in total. The van der Waals surface area contributed by atoms with Crippen molar-refractivity contribution < 1.29 is 8.42 Å². The van der Waals surface area contributed by atoms with E-state index in [1.807, 2.05) is 18.7 Å². The Morgan fingerprint density at radius 1 is 1.10 bits per heavy atom. The normalized spacial score (nSPS) is 12.4. The van der Waals surface area contributed by atoms with E-state index in [0.717, 1.165) is 25.5 Å². The van der Waals surface area contributed by atoms with Gasteiger partial charge in [0.25, 0.3) is 0 Å². The van der Waals surface area contributed by atoms with Crippen LogP contribution in [0.3, 0.4) is 0 Å². The SMILES string of the molecule is CCNC(=NCCCNS(=O)(=O)CC)NCCCCSC. The van der Waals surface area contributed by atoms with Crippen LogP contribution in [0.2, 0.25) is 0 Å². The molecule has 0 saturated heterocycles. The predicted octanol–water partition coefficient (Wildman–Crippen LogP) is 1.01. The number of sulfonamides is 1. The average molecular weight is 339 g/mol. The van der Waals surface area contributed by atoms with Crippen molar-refractivity contribution in [1.29, 1.82) is 0 Å². The molecule has 0 aromatic carbocycles. The van der Waals surface area contributed by atoms with Gasteiger partial charge in [-0.3, -0.25) is 4.99 Å². The molecule has 0 fully saturated rings. The van der Waals surface area contributed by atoms with Gasteiger partial charge in [0.2, 0.25) is 10.0 Å². The number of nitrogens with zero attached hydrogens (tertiary/aromatic N) is 1. The summed E-state index contributed by atoms with van der Waals surface area (Å²) in [5, 5.41) is 6.48. The van der Waals surface area contributed by atoms with E-state index in [4.69, 9.17) is 0 Å². The molecule has 0 aromatic heterocycles. The van der Waals surface area contributed by atoms with Crippen molar-refractivity contribution in [1.82, 2.24) is 15.4 Å². The number of nitrogens with one attached hydrogen (secondary N) is 3. The van der Waals surface area contributed by atoms with Gasteiger partial charge < -0.3 is 10.6 Å². The summed E-state index contributed by atoms with van der Waals surface area (Å²) in [7, 11) is -3.09. The topological polar surface area (TPSA) is 82.6 Å². The molecule has 0 rings (SSSR count). The van der Waals surface area contributed by atoms with Crippen molar-refractivity contribution in [3.63, 3.8) is 0 Å². The fraction of sp³-hybridized carbons (Fsp3) is 0.923. The Bertz CT molecular complexity index is 372. The van der Waals surface area contributed by atoms with Crippen LogP contribution in [-0.4, -0.2) is 58.3 Å². The summed E-state index contributed by atoms with van der Waals surface area (Å²) in [6.45, 7) is 6.43. The van der Waals surface area contributed by atoms with Gasteiger partial charge in [0, 0.05) is 26.2 Å². The standard InChI is InChI=1S/C13H30N4O2S2/c1-4-14-13(15-9-6-7-12-20-3)16-10-8-11-17-21(18,19)5-2/h17H,4-12H2,1-3H3,(H2,14,15,16). The first-order chi connectivity index (χ1) is 10.1. The molecule has 3 N–H and O–H groups in total. The third kappa shape index (κ3) is 12.9. The molecule has 126 valence electrons. The maximum Gasteiger partial charge on any atom is 0.211 e. The zero-order valence-electron chi connectivity index (χ0n) is 13.4. The average Bonchev–Trinajstić information content (AvgIpc) is 2.46. The highest BCUT2D eigenvalue weighted by atomic mass is 32.2. The summed E-state index contributed by atoms with van der Waals surface area (Å²) in [5.41, 5.74) is 0. The highest BCUT2D eigenvalue weighted by molar-refractivity contribution is 7.98. The van der Waals surface area contributed by atoms with Gasteiger partial charge in [-0.1, -0.05) is 0 Å². The molecule has 0 aliphatic heterocycles. The van der Waals surface area contributed by atoms with Gasteiger partial charge >= 0.3 is 0 Å². The first-order valence-electron chi connectivity index (χ1n) is 7.54. The Morgan fingerprint density at radius 2 is 1.86 bits per heavy atom. The highest BCUT2D eigenvalue weighted by Gasteiger charge is 2.04. The third-order valence-corrected chi connectivity index (χ3v) is 4.82. The Hall–Kier alpha value is -0.470. The zero-order valence-corrected chi connectivity index (χ0v) is 15.1. The minimum Gasteiger partial charge on any atom is -0.357 e. The van der Waals surface area contributed by atoms with Crippen LogP contribution in [0.25, 0.3) is 0 Å². The lowest BCUT2D eigenvalue weighted by Gasteiger charge is -2.11. The molecule has 0 bridgehead atoms. The van der Waals surface area contributed by atoms with Crippen LogP contribution >= 0.6 is 11.8 Å². The maximum atomic E-state index is 11.3. The summed E-state index contributed by atoms with van der Waals surface area (Å²) in [4.78, 5) is 4.43. The smallest absolute Gasteiger partial charge is 0.211 e. The molecule has 0 aromatic rings. The van der Waals surface area contributed by atoms with E-state index >= 15 is 0 Å². The van der Waals surface area contributed by atoms with Gasteiger partial charge in [-0.25, -0.2) is 13.1 Å². The van der Waals surface area contributed by atoms with Crippen LogP contribution < -0.4 is 15.4 Å². The van der Waals surface area contributed by atoms with Gasteiger partial charge in [0.15, 0.2) is 5.96 Å². The van der Waals surface area contributed by atoms with Crippen molar-refractivity contribution in [2.45, 2.75) is 33.1 Å². The molecule has 21 heavy (non-hydrogen) atoms. The van der Waals surface area contributed by atoms with E-state index in [1.54, 1.807) is 6.92 Å². The predicted molar refractivity (Wildman–Crippen MR) is 93.7 cm³/mol. The second kappa shape index (κ2) is 13.2. The maximum absolute atomic E-state index is 11.3. The highest BCUT2D eigenvalue weighted by Crippen LogP contribution is 1.97. The van der Waals surface area contributed by atoms with Crippen LogP contribution in [0, 0.1) is 0 Å². The van der Waals surface area contributed by atoms with E-state index in [2.05, 4.69) is 26.6 Å². The summed E-state index contributed by atoms with van der Waals surface area (Å²) in [5.74, 6) is 2.11. The van der Waals surface area contributed by atoms with Gasteiger partial charge in [0.1, 0.15) is 0 Å². The molecule has 0 atom stereocenters. The number of aliphatic imine (C=N–C) groups is 1. The Balaban J connectivity index is 3.88. The molecular formula is C13H30N4O2S2. The number of hydrogen-bond acceptors (Lipinski definition) is 4. The molecule has 0 radical (unpaired) electrons. The van der Waals surface area contributed by atoms with Crippen LogP contribution in [0.5, 0.6) is 0 Å². The minimum atomic E-state index is -3.09. The van der Waals surface area contributed by atoms with Gasteiger partial charge in [0.05, 0.1) is 5.75 Å². The first kappa shape index (κ1) is 20.5. The minimum absolute atomic E-state index is 0.122. The van der Waals surface area contributed by atoms with Crippen LogP contribution in [0.15, 0.2) is 4.99 Å². The molecule has 0 amide bonds. The van der Waals surface area contributed by atoms with Crippen molar-refractivity contribution in [3.05, 3.63) is 0 Å². The Labute approximate surface area is 134 Å². The number of unbranched alkanes of at least 4 members (excludes halogenated alkanes) is 1. The lowest BCUT2D eigenvalue weighted by Crippen LogP contribution is -2.38. The molecule has 0 saturated carbocycles. The van der Waals surface area contributed by atoms with Crippen molar-refractivity contribution in [3.8, 4) is 0 Å². The van der Waals surface area contributed by atoms with E-state index in [0.29, 0.717) is 19.5 Å². The largest absolute Gasteiger partial charge is 0.357 e. The monoisotopic (exact) mass is 338 g/mol. The number of thioether (sulfide) groups is 1. The second-order valence-corrected chi connectivity index (χ2v) is 7.62. The second-order valence-electron chi connectivity index (χ2n) is 4.54. The molecule has 0 aliphatic rings. The summed E-state index contributed by atoms with van der Waals surface area (Å²) < 4.78 is 25.0. The zero-order chi connectivity index (χ0) is 16.0. The molecule has 0 heterocycles. The molecular weight excluding hydrogens is 308 g/mol. The van der Waals surface area contributed by atoms with Gasteiger partial charge in [-0.2, -0.15) is 11.8 Å². The number of hydrogen-bond donors (Lipinski definition) is 3. The molecule has 8 heteroatoms. The Morgan fingerprint density at radius 3 is 2.48 bits per heavy atom. The van der Waals surface area contributed by atoms with E-state index in [9.17, 15) is 8.42 Å².